The first-order valence-electron chi connectivity index (χ1n) is 10.1. The van der Waals surface area contributed by atoms with Crippen molar-refractivity contribution in [2.24, 2.45) is 0 Å². The van der Waals surface area contributed by atoms with Gasteiger partial charge in [-0.3, -0.25) is 9.59 Å². The van der Waals surface area contributed by atoms with E-state index >= 15 is 0 Å². The maximum absolute atomic E-state index is 13.9. The first-order valence-corrected chi connectivity index (χ1v) is 11.4. The molecule has 7 nitrogen and oxygen atoms in total. The fourth-order valence-corrected chi connectivity index (χ4v) is 3.98. The van der Waals surface area contributed by atoms with Gasteiger partial charge in [-0.15, -0.1) is 16.8 Å². The zero-order valence-electron chi connectivity index (χ0n) is 18.1. The Kier molecular flexibility index (Phi) is 8.24. The average molecular weight is 488 g/mol. The van der Waals surface area contributed by atoms with Gasteiger partial charge in [-0.1, -0.05) is 47.6 Å². The van der Waals surface area contributed by atoms with Crippen LogP contribution in [-0.2, 0) is 11.3 Å². The van der Waals surface area contributed by atoms with Crippen molar-refractivity contribution in [1.29, 1.82) is 0 Å². The summed E-state index contributed by atoms with van der Waals surface area (Å²) in [4.78, 5) is 24.9. The molecule has 0 saturated heterocycles. The van der Waals surface area contributed by atoms with Crippen LogP contribution < -0.4 is 10.6 Å². The van der Waals surface area contributed by atoms with Gasteiger partial charge in [0, 0.05) is 17.3 Å². The molecule has 0 saturated carbocycles. The van der Waals surface area contributed by atoms with E-state index in [4.69, 9.17) is 11.6 Å². The third-order valence-electron chi connectivity index (χ3n) is 4.72. The van der Waals surface area contributed by atoms with Crippen LogP contribution in [0.3, 0.4) is 0 Å². The van der Waals surface area contributed by atoms with Gasteiger partial charge >= 0.3 is 0 Å². The lowest BCUT2D eigenvalue weighted by atomic mass is 10.2. The fourth-order valence-electron chi connectivity index (χ4n) is 3.06. The van der Waals surface area contributed by atoms with Crippen molar-refractivity contribution in [2.45, 2.75) is 31.6 Å². The topological polar surface area (TPSA) is 88.9 Å². The fraction of sp³-hybridized carbons (Fsp3) is 0.217. The van der Waals surface area contributed by atoms with Crippen LogP contribution in [0.5, 0.6) is 0 Å². The van der Waals surface area contributed by atoms with Gasteiger partial charge in [0.25, 0.3) is 5.91 Å². The SMILES string of the molecule is C=CCn1c(SCC(=O)Nc2cc(Cl)ccc2C)nnc1C(C)NC(=O)c1ccccc1F. The number of rotatable bonds is 9. The molecule has 33 heavy (non-hydrogen) atoms. The van der Waals surface area contributed by atoms with Crippen molar-refractivity contribution < 1.29 is 14.0 Å². The molecule has 2 N–H and O–H groups in total. The highest BCUT2D eigenvalue weighted by Gasteiger charge is 2.21. The predicted molar refractivity (Wildman–Crippen MR) is 128 cm³/mol. The molecule has 3 rings (SSSR count). The smallest absolute Gasteiger partial charge is 0.254 e. The van der Waals surface area contributed by atoms with Crippen LogP contribution in [-0.4, -0.2) is 32.3 Å². The second kappa shape index (κ2) is 11.1. The second-order valence-electron chi connectivity index (χ2n) is 7.21. The Morgan fingerprint density at radius 3 is 2.76 bits per heavy atom. The van der Waals surface area contributed by atoms with E-state index in [9.17, 15) is 14.0 Å². The summed E-state index contributed by atoms with van der Waals surface area (Å²) >= 11 is 7.21. The summed E-state index contributed by atoms with van der Waals surface area (Å²) in [6.07, 6.45) is 1.66. The summed E-state index contributed by atoms with van der Waals surface area (Å²) < 4.78 is 15.7. The van der Waals surface area contributed by atoms with Crippen LogP contribution in [0.2, 0.25) is 5.02 Å². The van der Waals surface area contributed by atoms with E-state index in [1.165, 1.54) is 30.0 Å². The van der Waals surface area contributed by atoms with E-state index in [1.54, 1.807) is 35.8 Å². The minimum atomic E-state index is -0.605. The van der Waals surface area contributed by atoms with Crippen LogP contribution >= 0.6 is 23.4 Å². The van der Waals surface area contributed by atoms with Crippen LogP contribution in [0.1, 0.15) is 34.7 Å². The normalized spacial score (nSPS) is 11.6. The number of nitrogens with one attached hydrogen (secondary N) is 2. The molecular weight excluding hydrogens is 465 g/mol. The van der Waals surface area contributed by atoms with E-state index < -0.39 is 17.8 Å². The standard InChI is InChI=1S/C23H23ClFN5O2S/c1-4-11-30-21(15(3)26-22(32)17-7-5-6-8-18(17)25)28-29-23(30)33-13-20(31)27-19-12-16(24)10-9-14(19)2/h4-10,12,15H,1,11,13H2,2-3H3,(H,26,32)(H,27,31). The molecular formula is C23H23ClFN5O2S. The van der Waals surface area contributed by atoms with E-state index in [-0.39, 0.29) is 17.2 Å². The van der Waals surface area contributed by atoms with E-state index in [0.717, 1.165) is 5.56 Å². The monoisotopic (exact) mass is 487 g/mol. The molecule has 2 aromatic carbocycles. The number of amides is 2. The zero-order valence-corrected chi connectivity index (χ0v) is 19.7. The summed E-state index contributed by atoms with van der Waals surface area (Å²) in [5.41, 5.74) is 1.49. The number of thioether (sulfide) groups is 1. The number of hydrogen-bond donors (Lipinski definition) is 2. The van der Waals surface area contributed by atoms with Crippen molar-refractivity contribution in [3.63, 3.8) is 0 Å². The molecule has 0 aliphatic heterocycles. The molecule has 1 aromatic heterocycles. The molecule has 172 valence electrons. The lowest BCUT2D eigenvalue weighted by Gasteiger charge is -2.15. The number of halogens is 2. The molecule has 2 amide bonds. The predicted octanol–water partition coefficient (Wildman–Crippen LogP) is 4.79. The highest BCUT2D eigenvalue weighted by Crippen LogP contribution is 2.23. The molecule has 1 atom stereocenters. The molecule has 10 heteroatoms. The third kappa shape index (κ3) is 6.21. The van der Waals surface area contributed by atoms with E-state index in [1.807, 2.05) is 13.0 Å². The molecule has 0 spiro atoms. The third-order valence-corrected chi connectivity index (χ3v) is 5.92. The quantitative estimate of drug-likeness (QED) is 0.335. The highest BCUT2D eigenvalue weighted by molar-refractivity contribution is 7.99. The number of aryl methyl sites for hydroxylation is 1. The lowest BCUT2D eigenvalue weighted by Crippen LogP contribution is -2.29. The molecule has 1 unspecified atom stereocenters. The van der Waals surface area contributed by atoms with Gasteiger partial charge in [0.2, 0.25) is 5.91 Å². The number of anilines is 1. The Morgan fingerprint density at radius 1 is 1.27 bits per heavy atom. The first kappa shape index (κ1) is 24.5. The van der Waals surface area contributed by atoms with Crippen LogP contribution in [0.4, 0.5) is 10.1 Å². The zero-order chi connectivity index (χ0) is 24.0. The van der Waals surface area contributed by atoms with Gasteiger partial charge in [0.1, 0.15) is 5.82 Å². The molecule has 0 bridgehead atoms. The number of benzene rings is 2. The number of hydrogen-bond acceptors (Lipinski definition) is 5. The van der Waals surface area contributed by atoms with Crippen molar-refractivity contribution in [2.75, 3.05) is 11.1 Å². The van der Waals surface area contributed by atoms with Crippen molar-refractivity contribution in [1.82, 2.24) is 20.1 Å². The average Bonchev–Trinajstić information content (AvgIpc) is 3.18. The van der Waals surface area contributed by atoms with E-state index in [2.05, 4.69) is 27.4 Å². The summed E-state index contributed by atoms with van der Waals surface area (Å²) in [6.45, 7) is 7.73. The Bertz CT molecular complexity index is 1180. The Labute approximate surface area is 200 Å². The molecule has 1 heterocycles. The summed E-state index contributed by atoms with van der Waals surface area (Å²) in [7, 11) is 0. The van der Waals surface area contributed by atoms with Gasteiger partial charge in [-0.2, -0.15) is 0 Å². The van der Waals surface area contributed by atoms with E-state index in [0.29, 0.717) is 28.2 Å². The minimum Gasteiger partial charge on any atom is -0.342 e. The molecule has 3 aromatic rings. The summed E-state index contributed by atoms with van der Waals surface area (Å²) in [5, 5.41) is 14.9. The van der Waals surface area contributed by atoms with Crippen molar-refractivity contribution >= 4 is 40.9 Å². The molecule has 0 aliphatic carbocycles. The first-order chi connectivity index (χ1) is 15.8. The minimum absolute atomic E-state index is 0.0540. The van der Waals surface area contributed by atoms with Gasteiger partial charge in [0.15, 0.2) is 11.0 Å². The lowest BCUT2D eigenvalue weighted by molar-refractivity contribution is -0.113. The van der Waals surface area contributed by atoms with Gasteiger partial charge in [-0.05, 0) is 43.7 Å². The molecule has 0 aliphatic rings. The second-order valence-corrected chi connectivity index (χ2v) is 8.59. The van der Waals surface area contributed by atoms with Crippen molar-refractivity contribution in [3.05, 3.63) is 82.9 Å². The number of carbonyl (C=O) groups excluding carboxylic acids is 2. The van der Waals surface area contributed by atoms with Gasteiger partial charge < -0.3 is 15.2 Å². The number of nitrogens with zero attached hydrogens (tertiary/aromatic N) is 3. The maximum Gasteiger partial charge on any atom is 0.254 e. The largest absolute Gasteiger partial charge is 0.342 e. The Morgan fingerprint density at radius 2 is 2.03 bits per heavy atom. The molecule has 0 radical (unpaired) electrons. The maximum atomic E-state index is 13.9. The summed E-state index contributed by atoms with van der Waals surface area (Å²) in [6, 6.07) is 10.5. The van der Waals surface area contributed by atoms with Crippen LogP contribution in [0.25, 0.3) is 0 Å². The number of aromatic nitrogens is 3. The van der Waals surface area contributed by atoms with Crippen molar-refractivity contribution in [3.8, 4) is 0 Å². The van der Waals surface area contributed by atoms with Gasteiger partial charge in [-0.25, -0.2) is 4.39 Å². The van der Waals surface area contributed by atoms with Crippen LogP contribution in [0, 0.1) is 12.7 Å². The number of allylic oxidation sites excluding steroid dienone is 1. The Balaban J connectivity index is 1.69. The summed E-state index contributed by atoms with van der Waals surface area (Å²) in [5.74, 6) is -0.822. The highest BCUT2D eigenvalue weighted by atomic mass is 35.5. The number of carbonyl (C=O) groups is 2. The van der Waals surface area contributed by atoms with Crippen LogP contribution in [0.15, 0.2) is 60.3 Å². The Hall–Kier alpha value is -3.17. The van der Waals surface area contributed by atoms with Gasteiger partial charge in [0.05, 0.1) is 17.4 Å². The molecule has 0 fully saturated rings.